The molecule has 0 amide bonds. The van der Waals surface area contributed by atoms with E-state index < -0.39 is 0 Å². The molecule has 0 radical (unpaired) electrons. The first kappa shape index (κ1) is 20.2. The highest BCUT2D eigenvalue weighted by atomic mass is 16.5. The van der Waals surface area contributed by atoms with Crippen LogP contribution in [0.5, 0.6) is 5.75 Å². The Morgan fingerprint density at radius 2 is 1.89 bits per heavy atom. The summed E-state index contributed by atoms with van der Waals surface area (Å²) in [5, 5.41) is 4.16. The molecule has 2 bridgehead atoms. The van der Waals surface area contributed by atoms with Crippen molar-refractivity contribution in [2.45, 2.75) is 70.4 Å². The molecule has 180 valence electrons. The van der Waals surface area contributed by atoms with Crippen molar-refractivity contribution < 1.29 is 4.74 Å². The number of piperidine rings is 1. The summed E-state index contributed by atoms with van der Waals surface area (Å²) in [6.07, 6.45) is 5.67. The predicted molar refractivity (Wildman–Crippen MR) is 144 cm³/mol. The van der Waals surface area contributed by atoms with E-state index >= 15 is 0 Å². The lowest BCUT2D eigenvalue weighted by Gasteiger charge is -2.64. The molecular formula is C33H32N2O. The molecule has 9 rings (SSSR count). The molecular weight excluding hydrogens is 440 g/mol. The minimum absolute atomic E-state index is 0.00346. The van der Waals surface area contributed by atoms with Crippen molar-refractivity contribution in [3.8, 4) is 5.75 Å². The number of rotatable bonds is 0. The molecule has 1 spiro atoms. The van der Waals surface area contributed by atoms with Gasteiger partial charge in [0.05, 0.1) is 16.6 Å². The Balaban J connectivity index is 1.41. The van der Waals surface area contributed by atoms with Crippen molar-refractivity contribution in [2.24, 2.45) is 5.41 Å². The molecule has 3 aromatic carbocycles. The molecule has 0 saturated carbocycles. The van der Waals surface area contributed by atoms with Gasteiger partial charge in [0.1, 0.15) is 5.75 Å². The van der Waals surface area contributed by atoms with E-state index in [1.165, 1.54) is 72.1 Å². The minimum atomic E-state index is 0.00346. The molecule has 3 aliphatic carbocycles. The predicted octanol–water partition coefficient (Wildman–Crippen LogP) is 6.30. The number of benzene rings is 3. The Morgan fingerprint density at radius 3 is 2.78 bits per heavy atom. The van der Waals surface area contributed by atoms with Crippen LogP contribution in [0.25, 0.3) is 21.7 Å². The van der Waals surface area contributed by atoms with Gasteiger partial charge < -0.3 is 9.64 Å². The fraction of sp³-hybridized carbons (Fsp3) is 0.424. The highest BCUT2D eigenvalue weighted by molar-refractivity contribution is 6.10. The molecule has 1 saturated heterocycles. The molecule has 5 aliphatic rings. The molecule has 36 heavy (non-hydrogen) atoms. The van der Waals surface area contributed by atoms with E-state index in [2.05, 4.69) is 69.1 Å². The molecule has 3 heterocycles. The topological polar surface area (TPSA) is 25.4 Å². The first-order valence-electron chi connectivity index (χ1n) is 13.8. The molecule has 4 aromatic rings. The zero-order valence-electron chi connectivity index (χ0n) is 21.7. The number of hydrogen-bond acceptors (Lipinski definition) is 3. The number of pyridine rings is 1. The van der Waals surface area contributed by atoms with Gasteiger partial charge in [-0.25, -0.2) is 4.98 Å². The molecule has 2 aliphatic heterocycles. The van der Waals surface area contributed by atoms with Crippen LogP contribution in [0.3, 0.4) is 0 Å². The number of likely N-dealkylation sites (tertiary alicyclic amines) is 1. The fourth-order valence-electron chi connectivity index (χ4n) is 9.53. The van der Waals surface area contributed by atoms with Gasteiger partial charge in [-0.15, -0.1) is 0 Å². The molecule has 4 atom stereocenters. The Hall–Kier alpha value is -2.91. The SMILES string of the molecule is Cc1ccc2c3c1O[C@H]1c4nc5c(cc6c7c(cccc75)CC6)c(C)c4C[C@@]4(C)[C@@H](C2)N(C)CC[C@]314. The van der Waals surface area contributed by atoms with Crippen molar-refractivity contribution in [2.75, 3.05) is 13.6 Å². The lowest BCUT2D eigenvalue weighted by Crippen LogP contribution is -2.68. The minimum Gasteiger partial charge on any atom is -0.483 e. The van der Waals surface area contributed by atoms with Crippen molar-refractivity contribution in [3.63, 3.8) is 0 Å². The van der Waals surface area contributed by atoms with E-state index in [1.807, 2.05) is 0 Å². The lowest BCUT2D eigenvalue weighted by atomic mass is 9.44. The van der Waals surface area contributed by atoms with Crippen molar-refractivity contribution in [1.29, 1.82) is 0 Å². The van der Waals surface area contributed by atoms with Gasteiger partial charge in [-0.1, -0.05) is 37.3 Å². The maximum absolute atomic E-state index is 7.13. The van der Waals surface area contributed by atoms with Crippen molar-refractivity contribution in [3.05, 3.63) is 81.0 Å². The summed E-state index contributed by atoms with van der Waals surface area (Å²) in [5.74, 6) is 1.17. The van der Waals surface area contributed by atoms with Crippen LogP contribution in [0.2, 0.25) is 0 Å². The number of aromatic nitrogens is 1. The Bertz CT molecular complexity index is 1700. The van der Waals surface area contributed by atoms with Crippen LogP contribution in [-0.2, 0) is 31.1 Å². The Kier molecular flexibility index (Phi) is 3.44. The van der Waals surface area contributed by atoms with E-state index in [1.54, 1.807) is 0 Å². The van der Waals surface area contributed by atoms with Gasteiger partial charge in [-0.05, 0) is 104 Å². The Labute approximate surface area is 212 Å². The summed E-state index contributed by atoms with van der Waals surface area (Å²) < 4.78 is 7.13. The van der Waals surface area contributed by atoms with Crippen LogP contribution in [0.15, 0.2) is 36.4 Å². The normalized spacial score (nSPS) is 31.0. The smallest absolute Gasteiger partial charge is 0.151 e. The van der Waals surface area contributed by atoms with E-state index in [4.69, 9.17) is 9.72 Å². The second-order valence-electron chi connectivity index (χ2n) is 12.6. The Morgan fingerprint density at radius 1 is 1.03 bits per heavy atom. The summed E-state index contributed by atoms with van der Waals surface area (Å²) >= 11 is 0. The summed E-state index contributed by atoms with van der Waals surface area (Å²) in [6.45, 7) is 8.31. The third kappa shape index (κ3) is 1.98. The highest BCUT2D eigenvalue weighted by Crippen LogP contribution is 2.71. The fourth-order valence-corrected chi connectivity index (χ4v) is 9.53. The monoisotopic (exact) mass is 472 g/mol. The number of likely N-dealkylation sites (N-methyl/N-ethyl adjacent to an activating group) is 1. The van der Waals surface area contributed by atoms with Gasteiger partial charge >= 0.3 is 0 Å². The first-order chi connectivity index (χ1) is 17.4. The average Bonchev–Trinajstić information content (AvgIpc) is 3.45. The third-order valence-corrected chi connectivity index (χ3v) is 11.3. The summed E-state index contributed by atoms with van der Waals surface area (Å²) in [7, 11) is 2.35. The van der Waals surface area contributed by atoms with Gasteiger partial charge in [-0.2, -0.15) is 0 Å². The summed E-state index contributed by atoms with van der Waals surface area (Å²) in [6, 6.07) is 14.5. The highest BCUT2D eigenvalue weighted by Gasteiger charge is 2.70. The zero-order valence-corrected chi connectivity index (χ0v) is 21.7. The van der Waals surface area contributed by atoms with Crippen molar-refractivity contribution >= 4 is 21.7 Å². The molecule has 3 nitrogen and oxygen atoms in total. The molecule has 0 unspecified atom stereocenters. The number of nitrogens with zero attached hydrogens (tertiary/aromatic N) is 2. The van der Waals surface area contributed by atoms with Crippen LogP contribution in [0.1, 0.15) is 64.1 Å². The second-order valence-corrected chi connectivity index (χ2v) is 12.6. The summed E-state index contributed by atoms with van der Waals surface area (Å²) in [4.78, 5) is 8.26. The van der Waals surface area contributed by atoms with Gasteiger partial charge in [0, 0.05) is 27.8 Å². The third-order valence-electron chi connectivity index (χ3n) is 11.3. The number of aryl methyl sites for hydroxylation is 4. The number of ether oxygens (including phenoxy) is 1. The number of hydrogen-bond donors (Lipinski definition) is 0. The van der Waals surface area contributed by atoms with Crippen LogP contribution in [0.4, 0.5) is 0 Å². The van der Waals surface area contributed by atoms with Gasteiger partial charge in [0.2, 0.25) is 0 Å². The molecule has 3 heteroatoms. The molecule has 1 fully saturated rings. The second kappa shape index (κ2) is 6.14. The van der Waals surface area contributed by atoms with Crippen molar-refractivity contribution in [1.82, 2.24) is 9.88 Å². The van der Waals surface area contributed by atoms with Gasteiger partial charge in [0.15, 0.2) is 6.10 Å². The molecule has 0 N–H and O–H groups in total. The molecule has 1 aromatic heterocycles. The van der Waals surface area contributed by atoms with Gasteiger partial charge in [-0.3, -0.25) is 0 Å². The largest absolute Gasteiger partial charge is 0.483 e. The summed E-state index contributed by atoms with van der Waals surface area (Å²) in [5.41, 5.74) is 12.8. The van der Waals surface area contributed by atoms with E-state index in [-0.39, 0.29) is 16.9 Å². The van der Waals surface area contributed by atoms with Crippen LogP contribution in [-0.4, -0.2) is 29.5 Å². The van der Waals surface area contributed by atoms with Crippen LogP contribution < -0.4 is 4.74 Å². The first-order valence-corrected chi connectivity index (χ1v) is 13.8. The van der Waals surface area contributed by atoms with Crippen LogP contribution >= 0.6 is 0 Å². The quantitative estimate of drug-likeness (QED) is 0.281. The number of fused-ring (bicyclic) bond motifs is 4. The van der Waals surface area contributed by atoms with Gasteiger partial charge in [0.25, 0.3) is 0 Å². The average molecular weight is 473 g/mol. The van der Waals surface area contributed by atoms with E-state index in [0.717, 1.165) is 38.6 Å². The van der Waals surface area contributed by atoms with E-state index in [0.29, 0.717) is 6.04 Å². The maximum atomic E-state index is 7.13. The maximum Gasteiger partial charge on any atom is 0.151 e. The lowest BCUT2D eigenvalue weighted by molar-refractivity contribution is -0.0910. The zero-order chi connectivity index (χ0) is 24.1. The standard InChI is InChI=1S/C33H32N2O/c1-17-8-9-21-15-25-32(3)16-24-18(2)23-14-20-11-10-19-6-5-7-22(26(19)20)28(23)34-29(24)31-33(32,12-13-35(25)4)27(21)30(17)36-31/h5-9,14,25,31H,10-13,15-16H2,1-4H3/t25-,31+,32+,33+/m1/s1. The van der Waals surface area contributed by atoms with Crippen LogP contribution in [0, 0.1) is 19.3 Å². The van der Waals surface area contributed by atoms with E-state index in [9.17, 15) is 0 Å².